The molecule has 3 saturated heterocycles. The van der Waals surface area contributed by atoms with E-state index in [-0.39, 0.29) is 24.1 Å². The standard InChI is InChI=1S/C33H40Cl2N6O4/c34-27-7-6-22(20-28(27)35)21-29(31(42)39-16-10-24(11-17-39)23-8-14-36-15-9-23)45-33(44)40-18-12-26(13-19-40)41-32(43)37-30(38-41)25-4-2-1-3-5-25/h1-7,20,23-24,26,29,36H,8-19,21H2,(H,37,38,43)/t29-/m1/s1. The van der Waals surface area contributed by atoms with Gasteiger partial charge in [0, 0.05) is 38.2 Å². The molecule has 4 heterocycles. The van der Waals surface area contributed by atoms with E-state index in [1.54, 1.807) is 17.0 Å². The smallest absolute Gasteiger partial charge is 0.410 e. The topological polar surface area (TPSA) is 113 Å². The number of hydrogen-bond donors (Lipinski definition) is 2. The van der Waals surface area contributed by atoms with Crippen molar-refractivity contribution in [1.29, 1.82) is 0 Å². The molecule has 2 amide bonds. The van der Waals surface area contributed by atoms with Crippen molar-refractivity contribution in [3.05, 3.63) is 74.6 Å². The monoisotopic (exact) mass is 654 g/mol. The van der Waals surface area contributed by atoms with Gasteiger partial charge in [0.15, 0.2) is 11.9 Å². The lowest BCUT2D eigenvalue weighted by atomic mass is 9.79. The number of carbonyl (C=O) groups excluding carboxylic acids is 2. The van der Waals surface area contributed by atoms with Crippen molar-refractivity contribution in [1.82, 2.24) is 29.9 Å². The molecule has 6 rings (SSSR count). The molecule has 0 bridgehead atoms. The molecular formula is C33H40Cl2N6O4. The lowest BCUT2D eigenvalue weighted by molar-refractivity contribution is -0.142. The van der Waals surface area contributed by atoms with E-state index in [4.69, 9.17) is 27.9 Å². The fraction of sp³-hybridized carbons (Fsp3) is 0.515. The number of nitrogens with one attached hydrogen (secondary N) is 2. The molecule has 1 atom stereocenters. The third-order valence-corrected chi connectivity index (χ3v) is 10.3. The summed E-state index contributed by atoms with van der Waals surface area (Å²) in [5, 5.41) is 8.79. The molecular weight excluding hydrogens is 615 g/mol. The first-order chi connectivity index (χ1) is 21.9. The lowest BCUT2D eigenvalue weighted by Crippen LogP contribution is -2.49. The number of rotatable bonds is 7. The van der Waals surface area contributed by atoms with E-state index >= 15 is 0 Å². The number of likely N-dealkylation sites (tertiary alicyclic amines) is 2. The van der Waals surface area contributed by atoms with E-state index in [1.807, 2.05) is 41.3 Å². The van der Waals surface area contributed by atoms with Crippen LogP contribution in [-0.2, 0) is 16.0 Å². The van der Waals surface area contributed by atoms with Crippen LogP contribution >= 0.6 is 23.2 Å². The Morgan fingerprint density at radius 3 is 2.22 bits per heavy atom. The highest BCUT2D eigenvalue weighted by Gasteiger charge is 2.35. The third kappa shape index (κ3) is 7.56. The molecule has 0 saturated carbocycles. The third-order valence-electron chi connectivity index (χ3n) is 9.58. The summed E-state index contributed by atoms with van der Waals surface area (Å²) in [6.45, 7) is 4.23. The second kappa shape index (κ2) is 14.4. The quantitative estimate of drug-likeness (QED) is 0.364. The van der Waals surface area contributed by atoms with E-state index in [9.17, 15) is 14.4 Å². The van der Waals surface area contributed by atoms with Crippen LogP contribution in [0.4, 0.5) is 4.79 Å². The van der Waals surface area contributed by atoms with Crippen LogP contribution < -0.4 is 11.0 Å². The van der Waals surface area contributed by atoms with Crippen molar-refractivity contribution in [2.75, 3.05) is 39.3 Å². The number of aromatic nitrogens is 3. The van der Waals surface area contributed by atoms with Crippen molar-refractivity contribution in [2.24, 2.45) is 11.8 Å². The normalized spacial score (nSPS) is 19.4. The number of carbonyl (C=O) groups is 2. The number of benzene rings is 2. The number of hydrogen-bond acceptors (Lipinski definition) is 6. The second-order valence-electron chi connectivity index (χ2n) is 12.4. The first kappa shape index (κ1) is 31.6. The fourth-order valence-electron chi connectivity index (χ4n) is 6.97. The zero-order valence-electron chi connectivity index (χ0n) is 25.3. The molecule has 0 spiro atoms. The van der Waals surface area contributed by atoms with Crippen LogP contribution in [0.3, 0.4) is 0 Å². The molecule has 0 aliphatic carbocycles. The summed E-state index contributed by atoms with van der Waals surface area (Å²) >= 11 is 12.4. The number of nitrogens with zero attached hydrogens (tertiary/aromatic N) is 4. The Balaban J connectivity index is 1.09. The van der Waals surface area contributed by atoms with Crippen LogP contribution in [0.1, 0.15) is 50.1 Å². The van der Waals surface area contributed by atoms with Gasteiger partial charge in [-0.05, 0) is 81.1 Å². The number of H-pyrrole nitrogens is 1. The summed E-state index contributed by atoms with van der Waals surface area (Å²) in [7, 11) is 0. The average molecular weight is 656 g/mol. The van der Waals surface area contributed by atoms with E-state index in [0.29, 0.717) is 66.7 Å². The average Bonchev–Trinajstić information content (AvgIpc) is 3.48. The van der Waals surface area contributed by atoms with Gasteiger partial charge in [-0.15, -0.1) is 5.10 Å². The SMILES string of the molecule is O=C(O[C@H](Cc1ccc(Cl)c(Cl)c1)C(=O)N1CCC(C2CCNCC2)CC1)N1CCC(n2nc(-c3ccccc3)[nH]c2=O)CC1. The van der Waals surface area contributed by atoms with Gasteiger partial charge in [0.05, 0.1) is 16.1 Å². The summed E-state index contributed by atoms with van der Waals surface area (Å²) < 4.78 is 7.45. The van der Waals surface area contributed by atoms with Gasteiger partial charge in [-0.2, -0.15) is 0 Å². The predicted octanol–water partition coefficient (Wildman–Crippen LogP) is 5.17. The van der Waals surface area contributed by atoms with Gasteiger partial charge in [-0.3, -0.25) is 9.78 Å². The van der Waals surface area contributed by atoms with Gasteiger partial charge in [-0.1, -0.05) is 59.6 Å². The Hall–Kier alpha value is -3.34. The lowest BCUT2D eigenvalue weighted by Gasteiger charge is -2.39. The maximum Gasteiger partial charge on any atom is 0.410 e. The van der Waals surface area contributed by atoms with Crippen LogP contribution in [0.25, 0.3) is 11.4 Å². The van der Waals surface area contributed by atoms with E-state index in [2.05, 4.69) is 15.4 Å². The highest BCUT2D eigenvalue weighted by atomic mass is 35.5. The fourth-order valence-corrected chi connectivity index (χ4v) is 7.29. The summed E-state index contributed by atoms with van der Waals surface area (Å²) in [5.74, 6) is 1.67. The van der Waals surface area contributed by atoms with Crippen molar-refractivity contribution in [3.63, 3.8) is 0 Å². The molecule has 1 aromatic heterocycles. The van der Waals surface area contributed by atoms with Gasteiger partial charge in [0.2, 0.25) is 0 Å². The summed E-state index contributed by atoms with van der Waals surface area (Å²) in [6, 6.07) is 14.6. The van der Waals surface area contributed by atoms with Crippen molar-refractivity contribution in [2.45, 2.75) is 57.1 Å². The highest BCUT2D eigenvalue weighted by Crippen LogP contribution is 2.32. The Morgan fingerprint density at radius 1 is 0.867 bits per heavy atom. The zero-order chi connectivity index (χ0) is 31.3. The van der Waals surface area contributed by atoms with Gasteiger partial charge in [0.25, 0.3) is 5.91 Å². The molecule has 2 N–H and O–H groups in total. The molecule has 0 unspecified atom stereocenters. The summed E-state index contributed by atoms with van der Waals surface area (Å²) in [5.41, 5.74) is 1.33. The Morgan fingerprint density at radius 2 is 1.53 bits per heavy atom. The Labute approximate surface area is 273 Å². The number of halogens is 2. The Bertz CT molecular complexity index is 1520. The summed E-state index contributed by atoms with van der Waals surface area (Å²) in [4.78, 5) is 46.3. The number of aromatic amines is 1. The largest absolute Gasteiger partial charge is 0.436 e. The molecule has 3 aliphatic heterocycles. The van der Waals surface area contributed by atoms with E-state index in [0.717, 1.165) is 37.1 Å². The van der Waals surface area contributed by atoms with Crippen LogP contribution in [-0.4, -0.2) is 81.9 Å². The van der Waals surface area contributed by atoms with Crippen LogP contribution in [0.15, 0.2) is 53.3 Å². The van der Waals surface area contributed by atoms with Crippen LogP contribution in [0, 0.1) is 11.8 Å². The molecule has 0 radical (unpaired) electrons. The molecule has 3 aliphatic rings. The van der Waals surface area contributed by atoms with E-state index in [1.165, 1.54) is 17.5 Å². The van der Waals surface area contributed by atoms with Crippen molar-refractivity contribution < 1.29 is 14.3 Å². The Kier molecular flexibility index (Phi) is 10.1. The van der Waals surface area contributed by atoms with Crippen LogP contribution in [0.2, 0.25) is 10.0 Å². The number of piperidine rings is 3. The first-order valence-corrected chi connectivity index (χ1v) is 16.7. The van der Waals surface area contributed by atoms with E-state index < -0.39 is 12.2 Å². The molecule has 12 heteroatoms. The second-order valence-corrected chi connectivity index (χ2v) is 13.2. The molecule has 10 nitrogen and oxygen atoms in total. The predicted molar refractivity (Wildman–Crippen MR) is 173 cm³/mol. The highest BCUT2D eigenvalue weighted by molar-refractivity contribution is 6.42. The zero-order valence-corrected chi connectivity index (χ0v) is 26.8. The van der Waals surface area contributed by atoms with Gasteiger partial charge in [-0.25, -0.2) is 14.3 Å². The number of amides is 2. The van der Waals surface area contributed by atoms with Gasteiger partial charge >= 0.3 is 11.8 Å². The molecule has 3 fully saturated rings. The molecule has 240 valence electrons. The first-order valence-electron chi connectivity index (χ1n) is 16.0. The maximum atomic E-state index is 13.9. The summed E-state index contributed by atoms with van der Waals surface area (Å²) in [6.07, 6.45) is 4.10. The minimum Gasteiger partial charge on any atom is -0.436 e. The molecule has 2 aromatic carbocycles. The van der Waals surface area contributed by atoms with Crippen LogP contribution in [0.5, 0.6) is 0 Å². The molecule has 45 heavy (non-hydrogen) atoms. The minimum absolute atomic E-state index is 0.148. The van der Waals surface area contributed by atoms with Gasteiger partial charge < -0.3 is 19.9 Å². The maximum absolute atomic E-state index is 13.9. The minimum atomic E-state index is -0.981. The molecule has 3 aromatic rings. The van der Waals surface area contributed by atoms with Crippen molar-refractivity contribution >= 4 is 35.2 Å². The number of ether oxygens (including phenoxy) is 1. The van der Waals surface area contributed by atoms with Gasteiger partial charge in [0.1, 0.15) is 0 Å². The van der Waals surface area contributed by atoms with Crippen molar-refractivity contribution in [3.8, 4) is 11.4 Å².